The van der Waals surface area contributed by atoms with Gasteiger partial charge in [-0.1, -0.05) is 12.1 Å². The van der Waals surface area contributed by atoms with Crippen molar-refractivity contribution in [1.29, 1.82) is 0 Å². The third kappa shape index (κ3) is 4.96. The van der Waals surface area contributed by atoms with Crippen LogP contribution in [-0.4, -0.2) is 37.8 Å². The van der Waals surface area contributed by atoms with E-state index in [-0.39, 0.29) is 5.91 Å². The third-order valence-electron chi connectivity index (χ3n) is 3.06. The van der Waals surface area contributed by atoms with Crippen LogP contribution in [0.2, 0.25) is 0 Å². The maximum atomic E-state index is 12.0. The number of nitrogens with one attached hydrogen (secondary N) is 2. The predicted octanol–water partition coefficient (Wildman–Crippen LogP) is 2.60. The zero-order valence-electron chi connectivity index (χ0n) is 13.3. The molecule has 1 heterocycles. The molecule has 0 atom stereocenters. The Morgan fingerprint density at radius 3 is 2.87 bits per heavy atom. The summed E-state index contributed by atoms with van der Waals surface area (Å²) in [6.07, 6.45) is 1.59. The lowest BCUT2D eigenvalue weighted by atomic mass is 10.2. The molecule has 1 aromatic carbocycles. The van der Waals surface area contributed by atoms with Crippen LogP contribution in [0.25, 0.3) is 0 Å². The van der Waals surface area contributed by atoms with Crippen molar-refractivity contribution in [2.45, 2.75) is 6.92 Å². The lowest BCUT2D eigenvalue weighted by molar-refractivity contribution is 0.0937. The van der Waals surface area contributed by atoms with Gasteiger partial charge in [-0.25, -0.2) is 4.98 Å². The lowest BCUT2D eigenvalue weighted by Gasteiger charge is -2.12. The highest BCUT2D eigenvalue weighted by molar-refractivity contribution is 5.94. The molecule has 0 unspecified atom stereocenters. The largest absolute Gasteiger partial charge is 0.492 e. The molecule has 2 aromatic rings. The van der Waals surface area contributed by atoms with E-state index in [9.17, 15) is 4.79 Å². The van der Waals surface area contributed by atoms with Gasteiger partial charge in [-0.2, -0.15) is 0 Å². The highest BCUT2D eigenvalue weighted by Crippen LogP contribution is 2.26. The van der Waals surface area contributed by atoms with Gasteiger partial charge in [-0.05, 0) is 31.2 Å². The van der Waals surface area contributed by atoms with Gasteiger partial charge in [-0.3, -0.25) is 4.79 Å². The number of carbonyl (C=O) groups excluding carboxylic acids is 1. The first kappa shape index (κ1) is 16.8. The molecule has 0 aliphatic heterocycles. The minimum atomic E-state index is -0.161. The first-order valence-corrected chi connectivity index (χ1v) is 7.46. The summed E-state index contributed by atoms with van der Waals surface area (Å²) in [6.45, 7) is 3.45. The molecule has 1 aromatic heterocycles. The molecule has 2 rings (SSSR count). The van der Waals surface area contributed by atoms with E-state index in [0.717, 1.165) is 11.4 Å². The van der Waals surface area contributed by atoms with Crippen LogP contribution in [0.15, 0.2) is 42.6 Å². The second-order valence-electron chi connectivity index (χ2n) is 4.73. The number of aromatic nitrogens is 1. The molecule has 122 valence electrons. The van der Waals surface area contributed by atoms with E-state index >= 15 is 0 Å². The normalized spacial score (nSPS) is 10.2. The number of pyridine rings is 1. The Morgan fingerprint density at radius 2 is 2.09 bits per heavy atom. The van der Waals surface area contributed by atoms with E-state index in [4.69, 9.17) is 9.47 Å². The predicted molar refractivity (Wildman–Crippen MR) is 89.3 cm³/mol. The zero-order valence-corrected chi connectivity index (χ0v) is 13.3. The van der Waals surface area contributed by atoms with Gasteiger partial charge in [0.25, 0.3) is 5.91 Å². The number of para-hydroxylation sites is 2. The topological polar surface area (TPSA) is 72.5 Å². The van der Waals surface area contributed by atoms with E-state index in [1.54, 1.807) is 25.4 Å². The molecular formula is C17H21N3O3. The number of hydrogen-bond acceptors (Lipinski definition) is 5. The van der Waals surface area contributed by atoms with Gasteiger partial charge in [0.15, 0.2) is 0 Å². The lowest BCUT2D eigenvalue weighted by Crippen LogP contribution is -2.27. The highest BCUT2D eigenvalue weighted by atomic mass is 16.5. The molecule has 6 nitrogen and oxygen atoms in total. The van der Waals surface area contributed by atoms with Crippen molar-refractivity contribution in [2.75, 3.05) is 32.2 Å². The van der Waals surface area contributed by atoms with Crippen LogP contribution in [0.5, 0.6) is 5.75 Å². The Balaban J connectivity index is 2.09. The summed E-state index contributed by atoms with van der Waals surface area (Å²) in [5.74, 6) is 1.16. The molecule has 0 radical (unpaired) electrons. The van der Waals surface area contributed by atoms with E-state index in [0.29, 0.717) is 31.1 Å². The van der Waals surface area contributed by atoms with Crippen molar-refractivity contribution < 1.29 is 14.3 Å². The van der Waals surface area contributed by atoms with Crippen LogP contribution in [0.1, 0.15) is 17.3 Å². The number of methoxy groups -OCH3 is 1. The fraction of sp³-hybridized carbons (Fsp3) is 0.294. The van der Waals surface area contributed by atoms with Crippen LogP contribution in [0.4, 0.5) is 11.5 Å². The van der Waals surface area contributed by atoms with E-state index < -0.39 is 0 Å². The number of nitrogens with zero attached hydrogens (tertiary/aromatic N) is 1. The van der Waals surface area contributed by atoms with E-state index in [1.165, 1.54) is 0 Å². The van der Waals surface area contributed by atoms with Crippen molar-refractivity contribution in [3.8, 4) is 5.75 Å². The summed E-state index contributed by atoms with van der Waals surface area (Å²) in [6, 6.07) is 11.0. The minimum absolute atomic E-state index is 0.161. The monoisotopic (exact) mass is 315 g/mol. The summed E-state index contributed by atoms with van der Waals surface area (Å²) in [7, 11) is 1.59. The van der Waals surface area contributed by atoms with Gasteiger partial charge in [-0.15, -0.1) is 0 Å². The molecule has 23 heavy (non-hydrogen) atoms. The van der Waals surface area contributed by atoms with E-state index in [1.807, 2.05) is 31.2 Å². The van der Waals surface area contributed by atoms with Crippen LogP contribution < -0.4 is 15.4 Å². The Kier molecular flexibility index (Phi) is 6.38. The highest BCUT2D eigenvalue weighted by Gasteiger charge is 2.08. The molecule has 1 amide bonds. The summed E-state index contributed by atoms with van der Waals surface area (Å²) in [4.78, 5) is 16.3. The fourth-order valence-corrected chi connectivity index (χ4v) is 2.00. The number of anilines is 2. The fourth-order valence-electron chi connectivity index (χ4n) is 2.00. The van der Waals surface area contributed by atoms with Crippen LogP contribution in [-0.2, 0) is 4.74 Å². The minimum Gasteiger partial charge on any atom is -0.492 e. The molecule has 0 spiro atoms. The summed E-state index contributed by atoms with van der Waals surface area (Å²) >= 11 is 0. The molecule has 0 fully saturated rings. The molecule has 0 saturated heterocycles. The van der Waals surface area contributed by atoms with Gasteiger partial charge >= 0.3 is 0 Å². The smallest absolute Gasteiger partial charge is 0.251 e. The average Bonchev–Trinajstić information content (AvgIpc) is 2.57. The van der Waals surface area contributed by atoms with Gasteiger partial charge in [0.05, 0.1) is 18.9 Å². The molecular weight excluding hydrogens is 294 g/mol. The first-order valence-electron chi connectivity index (χ1n) is 7.46. The van der Waals surface area contributed by atoms with Crippen molar-refractivity contribution >= 4 is 17.4 Å². The molecule has 0 saturated carbocycles. The Bertz CT molecular complexity index is 646. The molecule has 0 bridgehead atoms. The van der Waals surface area contributed by atoms with Crippen LogP contribution >= 0.6 is 0 Å². The molecule has 0 aliphatic rings. The second kappa shape index (κ2) is 8.75. The van der Waals surface area contributed by atoms with Crippen molar-refractivity contribution in [2.24, 2.45) is 0 Å². The Morgan fingerprint density at radius 1 is 1.26 bits per heavy atom. The zero-order chi connectivity index (χ0) is 16.5. The van der Waals surface area contributed by atoms with Crippen LogP contribution in [0.3, 0.4) is 0 Å². The summed E-state index contributed by atoms with van der Waals surface area (Å²) < 4.78 is 10.5. The Labute approximate surface area is 135 Å². The molecule has 6 heteroatoms. The maximum Gasteiger partial charge on any atom is 0.251 e. The summed E-state index contributed by atoms with van der Waals surface area (Å²) in [5, 5.41) is 5.96. The number of ether oxygens (including phenoxy) is 2. The third-order valence-corrected chi connectivity index (χ3v) is 3.06. The van der Waals surface area contributed by atoms with E-state index in [2.05, 4.69) is 15.6 Å². The van der Waals surface area contributed by atoms with Gasteiger partial charge < -0.3 is 20.1 Å². The van der Waals surface area contributed by atoms with Gasteiger partial charge in [0.1, 0.15) is 11.6 Å². The standard InChI is InChI=1S/C17H21N3O3/c1-3-23-15-7-5-4-6-14(15)20-16-12-13(8-9-18-16)17(21)19-10-11-22-2/h4-9,12H,3,10-11H2,1-2H3,(H,18,20)(H,19,21). The quantitative estimate of drug-likeness (QED) is 0.733. The molecule has 2 N–H and O–H groups in total. The SMILES string of the molecule is CCOc1ccccc1Nc1cc(C(=O)NCCOC)ccn1. The number of carbonyl (C=O) groups is 1. The van der Waals surface area contributed by atoms with Crippen molar-refractivity contribution in [3.63, 3.8) is 0 Å². The average molecular weight is 315 g/mol. The van der Waals surface area contributed by atoms with Crippen molar-refractivity contribution in [3.05, 3.63) is 48.2 Å². The summed E-state index contributed by atoms with van der Waals surface area (Å²) in [5.41, 5.74) is 1.34. The number of hydrogen-bond donors (Lipinski definition) is 2. The van der Waals surface area contributed by atoms with Gasteiger partial charge in [0, 0.05) is 25.4 Å². The Hall–Kier alpha value is -2.60. The number of amides is 1. The maximum absolute atomic E-state index is 12.0. The number of rotatable bonds is 8. The van der Waals surface area contributed by atoms with Gasteiger partial charge in [0.2, 0.25) is 0 Å². The second-order valence-corrected chi connectivity index (χ2v) is 4.73. The molecule has 0 aliphatic carbocycles. The van der Waals surface area contributed by atoms with Crippen LogP contribution in [0, 0.1) is 0 Å². The number of benzene rings is 1. The van der Waals surface area contributed by atoms with Crippen molar-refractivity contribution in [1.82, 2.24) is 10.3 Å². The first-order chi connectivity index (χ1) is 11.2.